The van der Waals surface area contributed by atoms with Crippen molar-refractivity contribution in [2.24, 2.45) is 0 Å². The minimum Gasteiger partial charge on any atom is -0.496 e. The molecule has 2 rings (SSSR count). The highest BCUT2D eigenvalue weighted by Crippen LogP contribution is 2.29. The van der Waals surface area contributed by atoms with E-state index in [1.165, 1.54) is 0 Å². The monoisotopic (exact) mass is 244 g/mol. The van der Waals surface area contributed by atoms with Crippen molar-refractivity contribution in [3.8, 4) is 17.0 Å². The van der Waals surface area contributed by atoms with Crippen molar-refractivity contribution in [1.29, 1.82) is 0 Å². The molecule has 0 radical (unpaired) electrons. The highest BCUT2D eigenvalue weighted by atomic mass is 16.5. The maximum absolute atomic E-state index is 5.67. The Hall–Kier alpha value is -2.30. The molecule has 0 amide bonds. The van der Waals surface area contributed by atoms with Crippen LogP contribution < -0.4 is 16.2 Å². The van der Waals surface area contributed by atoms with Crippen LogP contribution in [0, 0.1) is 13.8 Å². The van der Waals surface area contributed by atoms with Crippen LogP contribution in [-0.2, 0) is 0 Å². The summed E-state index contributed by atoms with van der Waals surface area (Å²) in [7, 11) is 1.66. The first-order valence-electron chi connectivity index (χ1n) is 5.57. The van der Waals surface area contributed by atoms with E-state index < -0.39 is 0 Å². The minimum absolute atomic E-state index is 0.177. The quantitative estimate of drug-likeness (QED) is 0.842. The minimum atomic E-state index is 0.177. The van der Waals surface area contributed by atoms with Gasteiger partial charge in [-0.1, -0.05) is 0 Å². The number of hydrogen-bond acceptors (Lipinski definition) is 5. The average Bonchev–Trinajstić information content (AvgIpc) is 2.27. The zero-order valence-electron chi connectivity index (χ0n) is 10.7. The molecule has 0 bridgehead atoms. The molecule has 1 aromatic carbocycles. The molecule has 0 atom stereocenters. The molecule has 5 nitrogen and oxygen atoms in total. The van der Waals surface area contributed by atoms with Crippen molar-refractivity contribution in [3.63, 3.8) is 0 Å². The number of aromatic nitrogens is 2. The van der Waals surface area contributed by atoms with Gasteiger partial charge in [-0.25, -0.2) is 4.98 Å². The lowest BCUT2D eigenvalue weighted by atomic mass is 10.0. The van der Waals surface area contributed by atoms with Crippen LogP contribution in [0.5, 0.6) is 5.75 Å². The third-order valence-corrected chi connectivity index (χ3v) is 2.72. The normalized spacial score (nSPS) is 10.4. The molecule has 0 saturated heterocycles. The Morgan fingerprint density at radius 1 is 1.00 bits per heavy atom. The number of benzene rings is 1. The van der Waals surface area contributed by atoms with Gasteiger partial charge in [-0.3, -0.25) is 0 Å². The van der Waals surface area contributed by atoms with Crippen molar-refractivity contribution in [2.45, 2.75) is 13.8 Å². The lowest BCUT2D eigenvalue weighted by molar-refractivity contribution is 0.408. The molecule has 0 aliphatic heterocycles. The Bertz CT molecular complexity index is 552. The van der Waals surface area contributed by atoms with E-state index in [0.29, 0.717) is 11.5 Å². The second-order valence-corrected chi connectivity index (χ2v) is 4.18. The fraction of sp³-hybridized carbons (Fsp3) is 0.231. The largest absolute Gasteiger partial charge is 0.496 e. The van der Waals surface area contributed by atoms with Gasteiger partial charge in [0.05, 0.1) is 12.8 Å². The molecule has 1 heterocycles. The number of anilines is 2. The number of nitrogens with two attached hydrogens (primary N) is 2. The second-order valence-electron chi connectivity index (χ2n) is 4.18. The van der Waals surface area contributed by atoms with E-state index in [4.69, 9.17) is 16.2 Å². The Balaban J connectivity index is 2.58. The number of nitrogens with zero attached hydrogens (tertiary/aromatic N) is 2. The molecule has 0 aliphatic rings. The maximum atomic E-state index is 5.67. The smallest absolute Gasteiger partial charge is 0.222 e. The first-order valence-corrected chi connectivity index (χ1v) is 5.57. The third kappa shape index (κ3) is 2.20. The van der Waals surface area contributed by atoms with Gasteiger partial charge in [0.25, 0.3) is 0 Å². The lowest BCUT2D eigenvalue weighted by Crippen LogP contribution is -2.01. The summed E-state index contributed by atoms with van der Waals surface area (Å²) in [6, 6.07) is 5.69. The fourth-order valence-corrected chi connectivity index (χ4v) is 2.05. The van der Waals surface area contributed by atoms with E-state index in [-0.39, 0.29) is 5.95 Å². The molecular weight excluding hydrogens is 228 g/mol. The zero-order chi connectivity index (χ0) is 13.3. The van der Waals surface area contributed by atoms with Crippen LogP contribution in [0.15, 0.2) is 18.2 Å². The number of hydrogen-bond donors (Lipinski definition) is 2. The number of methoxy groups -OCH3 is 1. The summed E-state index contributed by atoms with van der Waals surface area (Å²) in [4.78, 5) is 8.05. The van der Waals surface area contributed by atoms with Crippen molar-refractivity contribution >= 4 is 11.8 Å². The van der Waals surface area contributed by atoms with E-state index in [1.807, 2.05) is 26.0 Å². The van der Waals surface area contributed by atoms with Gasteiger partial charge >= 0.3 is 0 Å². The third-order valence-electron chi connectivity index (χ3n) is 2.72. The number of nitrogen functional groups attached to an aromatic ring is 2. The molecule has 2 aromatic rings. The van der Waals surface area contributed by atoms with E-state index in [2.05, 4.69) is 9.97 Å². The van der Waals surface area contributed by atoms with Crippen molar-refractivity contribution in [1.82, 2.24) is 9.97 Å². The Morgan fingerprint density at radius 2 is 1.61 bits per heavy atom. The van der Waals surface area contributed by atoms with Crippen LogP contribution >= 0.6 is 0 Å². The van der Waals surface area contributed by atoms with E-state index in [0.717, 1.165) is 22.4 Å². The van der Waals surface area contributed by atoms with Gasteiger partial charge in [0.2, 0.25) is 5.95 Å². The van der Waals surface area contributed by atoms with Crippen LogP contribution in [-0.4, -0.2) is 17.1 Å². The molecular formula is C13H16N4O. The fourth-order valence-electron chi connectivity index (χ4n) is 2.05. The van der Waals surface area contributed by atoms with Gasteiger partial charge in [-0.2, -0.15) is 4.98 Å². The molecule has 0 aliphatic carbocycles. The topological polar surface area (TPSA) is 87.0 Å². The molecule has 1 aromatic heterocycles. The van der Waals surface area contributed by atoms with Crippen LogP contribution in [0.25, 0.3) is 11.3 Å². The second kappa shape index (κ2) is 4.52. The summed E-state index contributed by atoms with van der Waals surface area (Å²) in [6.07, 6.45) is 0. The predicted molar refractivity (Wildman–Crippen MR) is 72.3 cm³/mol. The highest BCUT2D eigenvalue weighted by Gasteiger charge is 2.09. The summed E-state index contributed by atoms with van der Waals surface area (Å²) in [6.45, 7) is 3.98. The van der Waals surface area contributed by atoms with E-state index in [9.17, 15) is 0 Å². The Morgan fingerprint density at radius 3 is 2.11 bits per heavy atom. The summed E-state index contributed by atoms with van der Waals surface area (Å²) >= 11 is 0. The molecule has 0 unspecified atom stereocenters. The first kappa shape index (κ1) is 12.2. The molecule has 94 valence electrons. The summed E-state index contributed by atoms with van der Waals surface area (Å²) in [5.74, 6) is 1.42. The van der Waals surface area contributed by atoms with Gasteiger partial charge in [-0.05, 0) is 37.1 Å². The van der Waals surface area contributed by atoms with E-state index in [1.54, 1.807) is 13.2 Å². The van der Waals surface area contributed by atoms with Crippen LogP contribution in [0.2, 0.25) is 0 Å². The van der Waals surface area contributed by atoms with Crippen LogP contribution in [0.1, 0.15) is 11.1 Å². The van der Waals surface area contributed by atoms with Crippen molar-refractivity contribution in [2.75, 3.05) is 18.6 Å². The van der Waals surface area contributed by atoms with Crippen LogP contribution in [0.4, 0.5) is 11.8 Å². The average molecular weight is 244 g/mol. The summed E-state index contributed by atoms with van der Waals surface area (Å²) < 4.78 is 5.33. The first-order chi connectivity index (χ1) is 8.51. The molecule has 0 fully saturated rings. The van der Waals surface area contributed by atoms with Gasteiger partial charge < -0.3 is 16.2 Å². The van der Waals surface area contributed by atoms with Gasteiger partial charge in [0.1, 0.15) is 11.6 Å². The predicted octanol–water partition coefficient (Wildman–Crippen LogP) is 1.93. The zero-order valence-corrected chi connectivity index (χ0v) is 10.7. The SMILES string of the molecule is COc1c(C)cc(-c2cc(N)nc(N)n2)cc1C. The Labute approximate surface area is 106 Å². The number of aryl methyl sites for hydroxylation is 2. The van der Waals surface area contributed by atoms with Gasteiger partial charge in [-0.15, -0.1) is 0 Å². The van der Waals surface area contributed by atoms with Gasteiger partial charge in [0, 0.05) is 11.6 Å². The number of rotatable bonds is 2. The van der Waals surface area contributed by atoms with Crippen LogP contribution in [0.3, 0.4) is 0 Å². The summed E-state index contributed by atoms with van der Waals surface area (Å²) in [5, 5.41) is 0. The molecule has 5 heteroatoms. The number of ether oxygens (including phenoxy) is 1. The standard InChI is InChI=1S/C13H16N4O/c1-7-4-9(5-8(2)12(7)18-3)10-6-11(14)17-13(15)16-10/h4-6H,1-3H3,(H4,14,15,16,17). The maximum Gasteiger partial charge on any atom is 0.222 e. The van der Waals surface area contributed by atoms with Gasteiger partial charge in [0.15, 0.2) is 0 Å². The molecule has 18 heavy (non-hydrogen) atoms. The molecule has 0 saturated carbocycles. The highest BCUT2D eigenvalue weighted by molar-refractivity contribution is 5.67. The molecule has 4 N–H and O–H groups in total. The van der Waals surface area contributed by atoms with Crippen molar-refractivity contribution in [3.05, 3.63) is 29.3 Å². The van der Waals surface area contributed by atoms with Crippen molar-refractivity contribution < 1.29 is 4.74 Å². The lowest BCUT2D eigenvalue weighted by Gasteiger charge is -2.11. The Kier molecular flexibility index (Phi) is 3.06. The summed E-state index contributed by atoms with van der Waals surface area (Å²) in [5.41, 5.74) is 15.0. The van der Waals surface area contributed by atoms with E-state index >= 15 is 0 Å². The molecule has 0 spiro atoms.